The van der Waals surface area contributed by atoms with Gasteiger partial charge in [0.05, 0.1) is 31.2 Å². The highest BCUT2D eigenvalue weighted by Gasteiger charge is 2.32. The van der Waals surface area contributed by atoms with Gasteiger partial charge in [0, 0.05) is 42.5 Å². The molecule has 10 nitrogen and oxygen atoms in total. The van der Waals surface area contributed by atoms with Gasteiger partial charge < -0.3 is 35.6 Å². The average molecular weight is 594 g/mol. The Kier molecular flexibility index (Phi) is 10.7. The van der Waals surface area contributed by atoms with E-state index in [0.29, 0.717) is 17.0 Å². The van der Waals surface area contributed by atoms with Gasteiger partial charge in [-0.3, -0.25) is 4.79 Å². The minimum absolute atomic E-state index is 0.0370. The quantitative estimate of drug-likeness (QED) is 0.375. The van der Waals surface area contributed by atoms with E-state index < -0.39 is 35.9 Å². The minimum Gasteiger partial charge on any atom is -0.488 e. The third-order valence-electron chi connectivity index (χ3n) is 6.86. The standard InChI is InChI=1S/C29H38F3N5O5/c1-17(2)33-27(40)34-23-10-11-24-20(12-23)13-26(39)37(19(4)16-38)14-18(3)25(42-24)15-36(5)28(41)35-22-8-6-21(7-9-22)29(30,31)32/h6-12,17-19,25,38H,13-16H2,1-5H3,(H,35,41)(H2,33,34,40)/t18-,19-,25+/m1/s1. The van der Waals surface area contributed by atoms with Crippen molar-refractivity contribution >= 4 is 29.3 Å². The number of carbonyl (C=O) groups is 3. The maximum absolute atomic E-state index is 13.3. The molecule has 4 N–H and O–H groups in total. The van der Waals surface area contributed by atoms with Crippen molar-refractivity contribution in [3.63, 3.8) is 0 Å². The summed E-state index contributed by atoms with van der Waals surface area (Å²) >= 11 is 0. The van der Waals surface area contributed by atoms with Crippen LogP contribution in [0.1, 0.15) is 38.8 Å². The van der Waals surface area contributed by atoms with Crippen LogP contribution >= 0.6 is 0 Å². The van der Waals surface area contributed by atoms with Crippen LogP contribution in [0.4, 0.5) is 34.1 Å². The maximum atomic E-state index is 13.3. The topological polar surface area (TPSA) is 123 Å². The first-order valence-corrected chi connectivity index (χ1v) is 13.6. The van der Waals surface area contributed by atoms with E-state index in [1.165, 1.54) is 24.1 Å². The molecule has 0 aliphatic carbocycles. The van der Waals surface area contributed by atoms with E-state index in [1.54, 1.807) is 30.0 Å². The van der Waals surface area contributed by atoms with Gasteiger partial charge in [0.2, 0.25) is 5.91 Å². The van der Waals surface area contributed by atoms with E-state index in [2.05, 4.69) is 16.0 Å². The summed E-state index contributed by atoms with van der Waals surface area (Å²) in [6, 6.07) is 7.59. The second kappa shape index (κ2) is 13.8. The molecule has 42 heavy (non-hydrogen) atoms. The Morgan fingerprint density at radius 1 is 1.10 bits per heavy atom. The number of aliphatic hydroxyl groups excluding tert-OH is 1. The number of nitrogens with one attached hydrogen (secondary N) is 3. The fraction of sp³-hybridized carbons (Fsp3) is 0.483. The van der Waals surface area contributed by atoms with E-state index in [-0.39, 0.29) is 49.7 Å². The number of alkyl halides is 3. The molecule has 13 heteroatoms. The number of likely N-dealkylation sites (N-methyl/N-ethyl adjacent to an activating group) is 1. The first kappa shape index (κ1) is 32.5. The van der Waals surface area contributed by atoms with Gasteiger partial charge in [0.25, 0.3) is 0 Å². The number of fused-ring (bicyclic) bond motifs is 1. The highest BCUT2D eigenvalue weighted by molar-refractivity contribution is 5.90. The van der Waals surface area contributed by atoms with Crippen LogP contribution in [-0.4, -0.2) is 77.8 Å². The lowest BCUT2D eigenvalue weighted by molar-refractivity contribution is -0.137. The molecule has 1 aliphatic rings. The van der Waals surface area contributed by atoms with Gasteiger partial charge in [-0.2, -0.15) is 13.2 Å². The number of ether oxygens (including phenoxy) is 1. The largest absolute Gasteiger partial charge is 0.488 e. The molecule has 0 unspecified atom stereocenters. The summed E-state index contributed by atoms with van der Waals surface area (Å²) in [5, 5.41) is 17.9. The third kappa shape index (κ3) is 8.75. The highest BCUT2D eigenvalue weighted by atomic mass is 19.4. The maximum Gasteiger partial charge on any atom is 0.416 e. The monoisotopic (exact) mass is 593 g/mol. The van der Waals surface area contributed by atoms with E-state index in [1.807, 2.05) is 20.8 Å². The number of rotatable bonds is 7. The number of nitrogens with zero attached hydrogens (tertiary/aromatic N) is 2. The highest BCUT2D eigenvalue weighted by Crippen LogP contribution is 2.31. The molecular weight excluding hydrogens is 555 g/mol. The Bertz CT molecular complexity index is 1260. The van der Waals surface area contributed by atoms with Crippen LogP contribution in [0, 0.1) is 5.92 Å². The summed E-state index contributed by atoms with van der Waals surface area (Å²) in [5.74, 6) is -0.110. The van der Waals surface area contributed by atoms with E-state index in [4.69, 9.17) is 4.74 Å². The third-order valence-corrected chi connectivity index (χ3v) is 6.86. The van der Waals surface area contributed by atoms with Gasteiger partial charge in [0.15, 0.2) is 0 Å². The Hall–Kier alpha value is -4.00. The summed E-state index contributed by atoms with van der Waals surface area (Å²) in [4.78, 5) is 41.4. The molecule has 1 heterocycles. The number of hydrogen-bond acceptors (Lipinski definition) is 5. The first-order valence-electron chi connectivity index (χ1n) is 13.6. The van der Waals surface area contributed by atoms with Gasteiger partial charge in [-0.25, -0.2) is 9.59 Å². The van der Waals surface area contributed by atoms with Crippen molar-refractivity contribution in [1.29, 1.82) is 0 Å². The van der Waals surface area contributed by atoms with Crippen molar-refractivity contribution < 1.29 is 37.4 Å². The van der Waals surface area contributed by atoms with E-state index in [0.717, 1.165) is 12.1 Å². The fourth-order valence-corrected chi connectivity index (χ4v) is 4.47. The Morgan fingerprint density at radius 3 is 2.33 bits per heavy atom. The predicted octanol–water partition coefficient (Wildman–Crippen LogP) is 4.55. The number of benzene rings is 2. The molecular formula is C29H38F3N5O5. The molecule has 0 spiro atoms. The second-order valence-corrected chi connectivity index (χ2v) is 10.8. The first-order chi connectivity index (χ1) is 19.7. The summed E-state index contributed by atoms with van der Waals surface area (Å²) in [7, 11) is 1.53. The number of hydrogen-bond donors (Lipinski definition) is 4. The summed E-state index contributed by atoms with van der Waals surface area (Å²) in [6.07, 6.45) is -5.13. The number of anilines is 2. The van der Waals surface area contributed by atoms with E-state index >= 15 is 0 Å². The van der Waals surface area contributed by atoms with Crippen molar-refractivity contribution in [2.75, 3.05) is 37.4 Å². The van der Waals surface area contributed by atoms with Crippen LogP contribution in [0.2, 0.25) is 0 Å². The zero-order valence-corrected chi connectivity index (χ0v) is 24.3. The zero-order chi connectivity index (χ0) is 31.2. The number of carbonyl (C=O) groups excluding carboxylic acids is 3. The molecule has 3 rings (SSSR count). The number of halogens is 3. The molecule has 0 radical (unpaired) electrons. The lowest BCUT2D eigenvalue weighted by Crippen LogP contribution is -2.48. The minimum atomic E-state index is -4.49. The molecule has 0 saturated carbocycles. The van der Waals surface area contributed by atoms with Crippen LogP contribution in [0.5, 0.6) is 5.75 Å². The van der Waals surface area contributed by atoms with Gasteiger partial charge >= 0.3 is 18.2 Å². The van der Waals surface area contributed by atoms with Crippen molar-refractivity contribution in [3.05, 3.63) is 53.6 Å². The van der Waals surface area contributed by atoms with Gasteiger partial charge in [-0.05, 0) is 63.2 Å². The SMILES string of the molecule is CC(C)NC(=O)Nc1ccc2c(c1)CC(=O)N([C@H](C)CO)C[C@@H](C)[C@H](CN(C)C(=O)Nc1ccc(C(F)(F)F)cc1)O2. The number of urea groups is 2. The molecule has 230 valence electrons. The van der Waals surface area contributed by atoms with Crippen LogP contribution in [-0.2, 0) is 17.4 Å². The van der Waals surface area contributed by atoms with Crippen LogP contribution in [0.25, 0.3) is 0 Å². The van der Waals surface area contributed by atoms with Crippen LogP contribution < -0.4 is 20.7 Å². The Morgan fingerprint density at radius 2 is 1.74 bits per heavy atom. The number of aliphatic hydroxyl groups is 1. The zero-order valence-electron chi connectivity index (χ0n) is 24.3. The van der Waals surface area contributed by atoms with Gasteiger partial charge in [-0.15, -0.1) is 0 Å². The van der Waals surface area contributed by atoms with E-state index in [9.17, 15) is 32.7 Å². The molecule has 0 bridgehead atoms. The molecule has 0 saturated heterocycles. The van der Waals surface area contributed by atoms with Crippen LogP contribution in [0.15, 0.2) is 42.5 Å². The lowest BCUT2D eigenvalue weighted by Gasteiger charge is -2.34. The number of amides is 5. The van der Waals surface area contributed by atoms with Gasteiger partial charge in [-0.1, -0.05) is 6.92 Å². The predicted molar refractivity (Wildman–Crippen MR) is 152 cm³/mol. The molecule has 2 aromatic carbocycles. The van der Waals surface area contributed by atoms with Crippen LogP contribution in [0.3, 0.4) is 0 Å². The van der Waals surface area contributed by atoms with Crippen molar-refractivity contribution in [1.82, 2.24) is 15.1 Å². The molecule has 1 aliphatic heterocycles. The average Bonchev–Trinajstić information content (AvgIpc) is 2.95. The summed E-state index contributed by atoms with van der Waals surface area (Å²) < 4.78 is 45.0. The molecule has 0 fully saturated rings. The molecule has 2 aromatic rings. The summed E-state index contributed by atoms with van der Waals surface area (Å²) in [5.41, 5.74) is 0.356. The normalized spacial score (nSPS) is 18.1. The smallest absolute Gasteiger partial charge is 0.416 e. The Labute approximate surface area is 243 Å². The molecule has 3 atom stereocenters. The van der Waals surface area contributed by atoms with Crippen molar-refractivity contribution in [3.8, 4) is 5.75 Å². The van der Waals surface area contributed by atoms with Crippen molar-refractivity contribution in [2.45, 2.75) is 58.5 Å². The molecule has 5 amide bonds. The van der Waals surface area contributed by atoms with Gasteiger partial charge in [0.1, 0.15) is 11.9 Å². The summed E-state index contributed by atoms with van der Waals surface area (Å²) in [6.45, 7) is 7.34. The second-order valence-electron chi connectivity index (χ2n) is 10.8. The lowest BCUT2D eigenvalue weighted by atomic mass is 10.0. The van der Waals surface area contributed by atoms with Crippen molar-refractivity contribution in [2.24, 2.45) is 5.92 Å². The Balaban J connectivity index is 1.83. The molecule has 0 aromatic heterocycles. The fourth-order valence-electron chi connectivity index (χ4n) is 4.47.